The number of aliphatic hydroxyl groups excluding tert-OH is 1. The molecule has 2 atom stereocenters. The number of carboxylic acid groups (broad SMARTS) is 1. The molecular formula is C11H21NO3. The summed E-state index contributed by atoms with van der Waals surface area (Å²) in [4.78, 5) is 12.4. The molecule has 0 bridgehead atoms. The van der Waals surface area contributed by atoms with Gasteiger partial charge in [-0.2, -0.15) is 0 Å². The van der Waals surface area contributed by atoms with Crippen LogP contribution in [0.1, 0.15) is 34.6 Å². The molecule has 0 fully saturated rings. The quantitative estimate of drug-likeness (QED) is 0.709. The molecule has 0 radical (unpaired) electrons. The number of nitrogens with zero attached hydrogens (tertiary/aromatic N) is 1. The SMILES string of the molecule is C[C@H](O)/C=C/[C@@H](C)N(C(=O)O)C(C)(C)C. The Bertz CT molecular complexity index is 241. The van der Waals surface area contributed by atoms with Crippen LogP contribution in [0.5, 0.6) is 0 Å². The van der Waals surface area contributed by atoms with Crippen molar-refractivity contribution in [2.75, 3.05) is 0 Å². The lowest BCUT2D eigenvalue weighted by Crippen LogP contribution is -2.49. The van der Waals surface area contributed by atoms with Crippen molar-refractivity contribution in [3.63, 3.8) is 0 Å². The molecule has 2 N–H and O–H groups in total. The predicted molar refractivity (Wildman–Crippen MR) is 59.9 cm³/mol. The summed E-state index contributed by atoms with van der Waals surface area (Å²) < 4.78 is 0. The number of rotatable bonds is 3. The molecule has 15 heavy (non-hydrogen) atoms. The van der Waals surface area contributed by atoms with E-state index in [2.05, 4.69) is 0 Å². The minimum atomic E-state index is -0.953. The Balaban J connectivity index is 4.73. The highest BCUT2D eigenvalue weighted by atomic mass is 16.4. The van der Waals surface area contributed by atoms with Gasteiger partial charge in [-0.1, -0.05) is 12.2 Å². The number of hydrogen-bond acceptors (Lipinski definition) is 2. The molecule has 0 aliphatic heterocycles. The summed E-state index contributed by atoms with van der Waals surface area (Å²) in [5, 5.41) is 18.1. The van der Waals surface area contributed by atoms with Crippen molar-refractivity contribution in [3.05, 3.63) is 12.2 Å². The van der Waals surface area contributed by atoms with Crippen molar-refractivity contribution in [2.24, 2.45) is 0 Å². The van der Waals surface area contributed by atoms with Crippen LogP contribution in [0.4, 0.5) is 4.79 Å². The fourth-order valence-electron chi connectivity index (χ4n) is 1.48. The summed E-state index contributed by atoms with van der Waals surface area (Å²) >= 11 is 0. The number of carbonyl (C=O) groups is 1. The molecule has 0 heterocycles. The molecule has 88 valence electrons. The second-order valence-electron chi connectivity index (χ2n) is 4.69. The zero-order valence-electron chi connectivity index (χ0n) is 10.1. The molecule has 0 rings (SSSR count). The molecule has 0 aromatic rings. The van der Waals surface area contributed by atoms with E-state index in [0.29, 0.717) is 0 Å². The van der Waals surface area contributed by atoms with Crippen molar-refractivity contribution in [3.8, 4) is 0 Å². The van der Waals surface area contributed by atoms with Crippen LogP contribution in [0.15, 0.2) is 12.2 Å². The molecule has 0 aliphatic rings. The molecule has 0 saturated carbocycles. The number of hydrogen-bond donors (Lipinski definition) is 2. The van der Waals surface area contributed by atoms with E-state index in [1.807, 2.05) is 20.8 Å². The summed E-state index contributed by atoms with van der Waals surface area (Å²) in [7, 11) is 0. The van der Waals surface area contributed by atoms with Gasteiger partial charge >= 0.3 is 6.09 Å². The van der Waals surface area contributed by atoms with E-state index >= 15 is 0 Å². The molecular weight excluding hydrogens is 194 g/mol. The first-order valence-corrected chi connectivity index (χ1v) is 5.05. The van der Waals surface area contributed by atoms with Gasteiger partial charge in [0.15, 0.2) is 0 Å². The van der Waals surface area contributed by atoms with Crippen LogP contribution >= 0.6 is 0 Å². The molecule has 4 heteroatoms. The topological polar surface area (TPSA) is 60.8 Å². The Morgan fingerprint density at radius 1 is 1.27 bits per heavy atom. The second kappa shape index (κ2) is 5.16. The molecule has 0 aromatic heterocycles. The highest BCUT2D eigenvalue weighted by Crippen LogP contribution is 2.17. The smallest absolute Gasteiger partial charge is 0.408 e. The third-order valence-corrected chi connectivity index (χ3v) is 2.00. The first-order chi connectivity index (χ1) is 6.66. The Morgan fingerprint density at radius 3 is 2.00 bits per heavy atom. The number of amides is 1. The van der Waals surface area contributed by atoms with Crippen molar-refractivity contribution >= 4 is 6.09 Å². The maximum Gasteiger partial charge on any atom is 0.408 e. The summed E-state index contributed by atoms with van der Waals surface area (Å²) in [5.74, 6) is 0. The van der Waals surface area contributed by atoms with Gasteiger partial charge in [0.05, 0.1) is 12.1 Å². The molecule has 1 amide bonds. The zero-order valence-corrected chi connectivity index (χ0v) is 10.1. The van der Waals surface area contributed by atoms with E-state index in [1.165, 1.54) is 4.90 Å². The average molecular weight is 215 g/mol. The lowest BCUT2D eigenvalue weighted by atomic mass is 10.0. The third-order valence-electron chi connectivity index (χ3n) is 2.00. The van der Waals surface area contributed by atoms with Gasteiger partial charge < -0.3 is 10.2 Å². The maximum atomic E-state index is 11.1. The average Bonchev–Trinajstić information content (AvgIpc) is 1.96. The highest BCUT2D eigenvalue weighted by molar-refractivity contribution is 5.66. The maximum absolute atomic E-state index is 11.1. The first-order valence-electron chi connectivity index (χ1n) is 5.05. The Hall–Kier alpha value is -1.03. The van der Waals surface area contributed by atoms with Crippen molar-refractivity contribution in [1.82, 2.24) is 4.90 Å². The molecule has 4 nitrogen and oxygen atoms in total. The van der Waals surface area contributed by atoms with Crippen LogP contribution < -0.4 is 0 Å². The van der Waals surface area contributed by atoms with Gasteiger partial charge in [-0.15, -0.1) is 0 Å². The van der Waals surface area contributed by atoms with Crippen LogP contribution in [0, 0.1) is 0 Å². The summed E-state index contributed by atoms with van der Waals surface area (Å²) in [6, 6.07) is -0.253. The highest BCUT2D eigenvalue weighted by Gasteiger charge is 2.29. The largest absolute Gasteiger partial charge is 0.465 e. The van der Waals surface area contributed by atoms with Crippen LogP contribution in [0.2, 0.25) is 0 Å². The molecule has 0 saturated heterocycles. The molecule has 0 aromatic carbocycles. The standard InChI is InChI=1S/C11H21NO3/c1-8(6-7-9(2)13)12(10(14)15)11(3,4)5/h6-9,13H,1-5H3,(H,14,15)/b7-6+/t8-,9+/m1/s1. The summed E-state index contributed by atoms with van der Waals surface area (Å²) in [5.41, 5.74) is -0.450. The minimum absolute atomic E-state index is 0.253. The van der Waals surface area contributed by atoms with Gasteiger partial charge in [0.25, 0.3) is 0 Å². The van der Waals surface area contributed by atoms with E-state index in [-0.39, 0.29) is 6.04 Å². The van der Waals surface area contributed by atoms with Crippen molar-refractivity contribution in [2.45, 2.75) is 52.3 Å². The Labute approximate surface area is 91.2 Å². The van der Waals surface area contributed by atoms with E-state index < -0.39 is 17.7 Å². The summed E-state index contributed by atoms with van der Waals surface area (Å²) in [6.45, 7) is 8.94. The van der Waals surface area contributed by atoms with Gasteiger partial charge in [-0.3, -0.25) is 4.90 Å². The number of aliphatic hydroxyl groups is 1. The lowest BCUT2D eigenvalue weighted by molar-refractivity contribution is 0.0873. The minimum Gasteiger partial charge on any atom is -0.465 e. The Morgan fingerprint density at radius 2 is 1.73 bits per heavy atom. The fraction of sp³-hybridized carbons (Fsp3) is 0.727. The van der Waals surface area contributed by atoms with Crippen molar-refractivity contribution in [1.29, 1.82) is 0 Å². The second-order valence-corrected chi connectivity index (χ2v) is 4.69. The van der Waals surface area contributed by atoms with Gasteiger partial charge in [-0.25, -0.2) is 4.79 Å². The van der Waals surface area contributed by atoms with Gasteiger partial charge in [0, 0.05) is 5.54 Å². The fourth-order valence-corrected chi connectivity index (χ4v) is 1.48. The molecule has 0 aliphatic carbocycles. The monoisotopic (exact) mass is 215 g/mol. The normalized spacial score (nSPS) is 16.4. The Kier molecular flexibility index (Phi) is 4.81. The van der Waals surface area contributed by atoms with Crippen LogP contribution in [0.25, 0.3) is 0 Å². The summed E-state index contributed by atoms with van der Waals surface area (Å²) in [6.07, 6.45) is 1.78. The van der Waals surface area contributed by atoms with Crippen LogP contribution in [-0.2, 0) is 0 Å². The van der Waals surface area contributed by atoms with Crippen LogP contribution in [-0.4, -0.2) is 38.9 Å². The third kappa shape index (κ3) is 4.83. The lowest BCUT2D eigenvalue weighted by Gasteiger charge is -2.36. The van der Waals surface area contributed by atoms with Gasteiger partial charge in [0.1, 0.15) is 0 Å². The van der Waals surface area contributed by atoms with Crippen LogP contribution in [0.3, 0.4) is 0 Å². The molecule has 0 unspecified atom stereocenters. The first kappa shape index (κ1) is 14.0. The van der Waals surface area contributed by atoms with Crippen molar-refractivity contribution < 1.29 is 15.0 Å². The van der Waals surface area contributed by atoms with E-state index in [1.54, 1.807) is 26.0 Å². The van der Waals surface area contributed by atoms with E-state index in [0.717, 1.165) is 0 Å². The van der Waals surface area contributed by atoms with E-state index in [4.69, 9.17) is 10.2 Å². The predicted octanol–water partition coefficient (Wildman–Crippen LogP) is 2.09. The van der Waals surface area contributed by atoms with Gasteiger partial charge in [0.2, 0.25) is 0 Å². The van der Waals surface area contributed by atoms with Gasteiger partial charge in [-0.05, 0) is 34.6 Å². The van der Waals surface area contributed by atoms with E-state index in [9.17, 15) is 4.79 Å². The zero-order chi connectivity index (χ0) is 12.2. The molecule has 0 spiro atoms.